The van der Waals surface area contributed by atoms with Crippen molar-refractivity contribution in [2.45, 2.75) is 25.4 Å². The van der Waals surface area contributed by atoms with Crippen LogP contribution in [0.15, 0.2) is 48.5 Å². The molecule has 0 fully saturated rings. The lowest BCUT2D eigenvalue weighted by molar-refractivity contribution is -0.126. The summed E-state index contributed by atoms with van der Waals surface area (Å²) in [7, 11) is 0. The third-order valence-electron chi connectivity index (χ3n) is 4.48. The minimum atomic E-state index is -0.343. The van der Waals surface area contributed by atoms with E-state index in [9.17, 15) is 4.79 Å². The first kappa shape index (κ1) is 19.6. The van der Waals surface area contributed by atoms with Crippen LogP contribution in [-0.2, 0) is 4.79 Å². The van der Waals surface area contributed by atoms with Gasteiger partial charge in [0.05, 0.1) is 23.6 Å². The maximum absolute atomic E-state index is 12.7. The molecule has 0 saturated heterocycles. The molecule has 1 heterocycles. The zero-order valence-electron chi connectivity index (χ0n) is 13.9. The third kappa shape index (κ3) is 4.27. The van der Waals surface area contributed by atoms with E-state index in [0.29, 0.717) is 23.8 Å². The van der Waals surface area contributed by atoms with Crippen LogP contribution >= 0.6 is 24.0 Å². The summed E-state index contributed by atoms with van der Waals surface area (Å²) in [6.07, 6.45) is 0.715. The summed E-state index contributed by atoms with van der Waals surface area (Å²) < 4.78 is 5.64. The summed E-state index contributed by atoms with van der Waals surface area (Å²) in [5.74, 6) is 0.262. The van der Waals surface area contributed by atoms with E-state index in [1.54, 1.807) is 6.07 Å². The van der Waals surface area contributed by atoms with Gasteiger partial charge in [0, 0.05) is 18.0 Å². The number of fused-ring (bicyclic) bond motifs is 1. The second-order valence-electron chi connectivity index (χ2n) is 6.08. The van der Waals surface area contributed by atoms with Gasteiger partial charge in [-0.3, -0.25) is 4.79 Å². The first-order valence-corrected chi connectivity index (χ1v) is 8.48. The summed E-state index contributed by atoms with van der Waals surface area (Å²) in [4.78, 5) is 12.7. The average Bonchev–Trinajstić information content (AvgIpc) is 2.62. The van der Waals surface area contributed by atoms with Gasteiger partial charge >= 0.3 is 0 Å². The van der Waals surface area contributed by atoms with Crippen LogP contribution in [0.3, 0.4) is 0 Å². The Kier molecular flexibility index (Phi) is 6.71. The summed E-state index contributed by atoms with van der Waals surface area (Å²) in [6.45, 7) is 2.38. The average molecular weight is 381 g/mol. The fourth-order valence-corrected chi connectivity index (χ4v) is 3.20. The Hall–Kier alpha value is -1.75. The molecule has 1 aliphatic heterocycles. The highest BCUT2D eigenvalue weighted by Crippen LogP contribution is 2.37. The number of para-hydroxylation sites is 1. The highest BCUT2D eigenvalue weighted by Gasteiger charge is 2.28. The number of ether oxygens (including phenoxy) is 1. The second-order valence-corrected chi connectivity index (χ2v) is 6.49. The zero-order chi connectivity index (χ0) is 17.1. The third-order valence-corrected chi connectivity index (χ3v) is 4.78. The number of nitrogens with one attached hydrogen (secondary N) is 1. The summed E-state index contributed by atoms with van der Waals surface area (Å²) in [6, 6.07) is 14.8. The fraction of sp³-hybridized carbons (Fsp3) is 0.316. The van der Waals surface area contributed by atoms with Gasteiger partial charge in [-0.05, 0) is 11.6 Å². The van der Waals surface area contributed by atoms with E-state index in [1.807, 2.05) is 49.4 Å². The number of nitrogens with two attached hydrogens (primary N) is 1. The van der Waals surface area contributed by atoms with Crippen molar-refractivity contribution < 1.29 is 9.53 Å². The molecule has 0 saturated carbocycles. The Morgan fingerprint density at radius 1 is 1.24 bits per heavy atom. The van der Waals surface area contributed by atoms with Crippen LogP contribution in [0.25, 0.3) is 0 Å². The van der Waals surface area contributed by atoms with Gasteiger partial charge in [0.1, 0.15) is 5.75 Å². The Bertz CT molecular complexity index is 725. The van der Waals surface area contributed by atoms with E-state index in [2.05, 4.69) is 5.32 Å². The first-order chi connectivity index (χ1) is 11.6. The minimum Gasteiger partial charge on any atom is -0.492 e. The Morgan fingerprint density at radius 3 is 2.68 bits per heavy atom. The van der Waals surface area contributed by atoms with E-state index in [-0.39, 0.29) is 36.3 Å². The van der Waals surface area contributed by atoms with Crippen molar-refractivity contribution in [3.8, 4) is 5.75 Å². The van der Waals surface area contributed by atoms with Crippen molar-refractivity contribution in [2.24, 2.45) is 11.7 Å². The minimum absolute atomic E-state index is 0. The molecule has 25 heavy (non-hydrogen) atoms. The molecular formula is C19H22Cl2N2O2. The summed E-state index contributed by atoms with van der Waals surface area (Å²) in [5, 5.41) is 3.67. The highest BCUT2D eigenvalue weighted by atomic mass is 35.5. The van der Waals surface area contributed by atoms with Gasteiger partial charge in [-0.2, -0.15) is 0 Å². The quantitative estimate of drug-likeness (QED) is 0.840. The van der Waals surface area contributed by atoms with Gasteiger partial charge in [-0.25, -0.2) is 0 Å². The number of carbonyl (C=O) groups excluding carboxylic acids is 1. The molecule has 6 heteroatoms. The van der Waals surface area contributed by atoms with Gasteiger partial charge in [0.2, 0.25) is 5.91 Å². The van der Waals surface area contributed by atoms with Crippen molar-refractivity contribution >= 4 is 29.9 Å². The molecule has 0 spiro atoms. The second kappa shape index (κ2) is 8.56. The van der Waals surface area contributed by atoms with Crippen LogP contribution in [0.2, 0.25) is 5.02 Å². The maximum Gasteiger partial charge on any atom is 0.225 e. The molecule has 4 nitrogen and oxygen atoms in total. The lowest BCUT2D eigenvalue weighted by Crippen LogP contribution is -2.39. The molecule has 2 aromatic rings. The Labute approximate surface area is 159 Å². The number of amides is 1. The van der Waals surface area contributed by atoms with Crippen LogP contribution < -0.4 is 15.8 Å². The summed E-state index contributed by atoms with van der Waals surface area (Å²) >= 11 is 6.18. The Balaban J connectivity index is 0.00000225. The van der Waals surface area contributed by atoms with E-state index in [1.165, 1.54) is 0 Å². The molecular weight excluding hydrogens is 359 g/mol. The standard InChI is InChI=1S/C19H21ClN2O2.ClH/c1-12(17(21)13-6-3-2-4-7-13)19(23)22-16-10-11-24-18-14(16)8-5-9-15(18)20;/h2-9,12,16-17H,10-11,21H2,1H3,(H,22,23);1H. The van der Waals surface area contributed by atoms with E-state index < -0.39 is 0 Å². The van der Waals surface area contributed by atoms with Crippen LogP contribution in [0, 0.1) is 5.92 Å². The number of carbonyl (C=O) groups is 1. The summed E-state index contributed by atoms with van der Waals surface area (Å²) in [5.41, 5.74) is 8.13. The molecule has 3 N–H and O–H groups in total. The van der Waals surface area contributed by atoms with Crippen LogP contribution in [0.4, 0.5) is 0 Å². The number of benzene rings is 2. The molecule has 0 aliphatic carbocycles. The predicted molar refractivity (Wildman–Crippen MR) is 102 cm³/mol. The van der Waals surface area contributed by atoms with Crippen molar-refractivity contribution in [3.05, 3.63) is 64.7 Å². The number of halogens is 2. The van der Waals surface area contributed by atoms with E-state index in [0.717, 1.165) is 11.1 Å². The molecule has 1 amide bonds. The van der Waals surface area contributed by atoms with E-state index in [4.69, 9.17) is 22.1 Å². The predicted octanol–water partition coefficient (Wildman–Crippen LogP) is 4.04. The van der Waals surface area contributed by atoms with Gasteiger partial charge in [-0.15, -0.1) is 12.4 Å². The van der Waals surface area contributed by atoms with Crippen molar-refractivity contribution in [2.75, 3.05) is 6.61 Å². The van der Waals surface area contributed by atoms with Gasteiger partial charge < -0.3 is 15.8 Å². The van der Waals surface area contributed by atoms with Gasteiger partial charge in [0.15, 0.2) is 0 Å². The Morgan fingerprint density at radius 2 is 1.96 bits per heavy atom. The van der Waals surface area contributed by atoms with Gasteiger partial charge in [0.25, 0.3) is 0 Å². The molecule has 0 radical (unpaired) electrons. The largest absolute Gasteiger partial charge is 0.492 e. The zero-order valence-corrected chi connectivity index (χ0v) is 15.5. The fourth-order valence-electron chi connectivity index (χ4n) is 2.97. The highest BCUT2D eigenvalue weighted by molar-refractivity contribution is 6.32. The molecule has 134 valence electrons. The molecule has 3 atom stereocenters. The number of rotatable bonds is 4. The number of hydrogen-bond donors (Lipinski definition) is 2. The van der Waals surface area contributed by atoms with Crippen molar-refractivity contribution in [1.82, 2.24) is 5.32 Å². The topological polar surface area (TPSA) is 64.3 Å². The molecule has 0 bridgehead atoms. The molecule has 1 aliphatic rings. The molecule has 3 unspecified atom stereocenters. The molecule has 2 aromatic carbocycles. The van der Waals surface area contributed by atoms with Crippen LogP contribution in [0.1, 0.15) is 36.6 Å². The lowest BCUT2D eigenvalue weighted by atomic mass is 9.93. The first-order valence-electron chi connectivity index (χ1n) is 8.10. The monoisotopic (exact) mass is 380 g/mol. The smallest absolute Gasteiger partial charge is 0.225 e. The maximum atomic E-state index is 12.7. The van der Waals surface area contributed by atoms with Crippen LogP contribution in [-0.4, -0.2) is 12.5 Å². The van der Waals surface area contributed by atoms with Gasteiger partial charge in [-0.1, -0.05) is 61.0 Å². The van der Waals surface area contributed by atoms with Crippen molar-refractivity contribution in [1.29, 1.82) is 0 Å². The normalized spacial score (nSPS) is 18.1. The lowest BCUT2D eigenvalue weighted by Gasteiger charge is -2.29. The molecule has 0 aromatic heterocycles. The molecule has 3 rings (SSSR count). The number of hydrogen-bond acceptors (Lipinski definition) is 3. The van der Waals surface area contributed by atoms with Crippen LogP contribution in [0.5, 0.6) is 5.75 Å². The van der Waals surface area contributed by atoms with E-state index >= 15 is 0 Å². The SMILES string of the molecule is CC(C(=O)NC1CCOc2c(Cl)cccc21)C(N)c1ccccc1.Cl. The van der Waals surface area contributed by atoms with Crippen molar-refractivity contribution in [3.63, 3.8) is 0 Å².